The normalized spacial score (nSPS) is 10.5. The minimum Gasteiger partial charge on any atom is -0.264 e. The molecule has 60 valence electrons. The quantitative estimate of drug-likeness (QED) is 0.630. The molecule has 1 rings (SSSR count). The molecule has 1 heterocycles. The Balaban J connectivity index is 3.02. The molecule has 0 aliphatic carbocycles. The summed E-state index contributed by atoms with van der Waals surface area (Å²) < 4.78 is 0. The molecule has 0 aliphatic rings. The maximum atomic E-state index is 4.11. The molecule has 0 atom stereocenters. The molecule has 1 heteroatoms. The summed E-state index contributed by atoms with van der Waals surface area (Å²) in [7, 11) is 0. The van der Waals surface area contributed by atoms with Crippen molar-refractivity contribution in [1.82, 2.24) is 4.98 Å². The maximum Gasteiger partial charge on any atom is 0.0305 e. The van der Waals surface area contributed by atoms with E-state index in [4.69, 9.17) is 0 Å². The lowest BCUT2D eigenvalue weighted by Crippen LogP contribution is -1.95. The van der Waals surface area contributed by atoms with Gasteiger partial charge in [-0.1, -0.05) is 20.8 Å². The highest BCUT2D eigenvalue weighted by Gasteiger charge is 2.03. The lowest BCUT2D eigenvalue weighted by atomic mass is 9.98. The Morgan fingerprint density at radius 3 is 2.64 bits per heavy atom. The summed E-state index contributed by atoms with van der Waals surface area (Å²) in [6.07, 6.45) is 4.95. The zero-order chi connectivity index (χ0) is 8.27. The predicted molar refractivity (Wildman–Crippen MR) is 47.7 cm³/mol. The average Bonchev–Trinajstić information content (AvgIpc) is 2.04. The van der Waals surface area contributed by atoms with Crippen LogP contribution in [0.4, 0.5) is 0 Å². The van der Waals surface area contributed by atoms with Crippen molar-refractivity contribution < 1.29 is 0 Å². The molecule has 0 aliphatic heterocycles. The van der Waals surface area contributed by atoms with Crippen LogP contribution in [-0.4, -0.2) is 4.98 Å². The highest BCUT2D eigenvalue weighted by atomic mass is 14.6. The van der Waals surface area contributed by atoms with Crippen molar-refractivity contribution in [1.29, 1.82) is 0 Å². The van der Waals surface area contributed by atoms with E-state index in [-0.39, 0.29) is 0 Å². The van der Waals surface area contributed by atoms with Gasteiger partial charge in [0.15, 0.2) is 0 Å². The molecule has 0 bridgehead atoms. The van der Waals surface area contributed by atoms with Gasteiger partial charge in [-0.2, -0.15) is 0 Å². The third-order valence-corrected chi connectivity index (χ3v) is 1.95. The van der Waals surface area contributed by atoms with Crippen LogP contribution in [0.25, 0.3) is 0 Å². The van der Waals surface area contributed by atoms with Gasteiger partial charge in [-0.15, -0.1) is 0 Å². The highest BCUT2D eigenvalue weighted by molar-refractivity contribution is 5.25. The van der Waals surface area contributed by atoms with Gasteiger partial charge in [0, 0.05) is 12.4 Å². The number of nitrogens with zero attached hydrogens (tertiary/aromatic N) is 1. The molecule has 0 radical (unpaired) electrons. The first-order valence-electron chi connectivity index (χ1n) is 4.18. The number of hydrogen-bond acceptors (Lipinski definition) is 1. The Bertz CT molecular complexity index is 228. The molecule has 0 amide bonds. The van der Waals surface area contributed by atoms with Crippen LogP contribution in [-0.2, 0) is 6.42 Å². The summed E-state index contributed by atoms with van der Waals surface area (Å²) in [5, 5.41) is 0. The molecule has 0 fully saturated rings. The fourth-order valence-corrected chi connectivity index (χ4v) is 1.28. The molecule has 1 nitrogen and oxygen atoms in total. The summed E-state index contributed by atoms with van der Waals surface area (Å²) in [5.41, 5.74) is 2.81. The van der Waals surface area contributed by atoms with Crippen LogP contribution in [0.2, 0.25) is 0 Å². The van der Waals surface area contributed by atoms with Gasteiger partial charge in [0.25, 0.3) is 0 Å². The van der Waals surface area contributed by atoms with Gasteiger partial charge >= 0.3 is 0 Å². The highest BCUT2D eigenvalue weighted by Crippen LogP contribution is 2.17. The number of rotatable bonds is 2. The minimum absolute atomic E-state index is 0.596. The Hall–Kier alpha value is -0.850. The van der Waals surface area contributed by atoms with Crippen molar-refractivity contribution in [3.8, 4) is 0 Å². The van der Waals surface area contributed by atoms with E-state index in [1.807, 2.05) is 12.4 Å². The molecule has 0 saturated carbocycles. The van der Waals surface area contributed by atoms with E-state index in [0.29, 0.717) is 5.92 Å². The maximum absolute atomic E-state index is 4.11. The zero-order valence-electron chi connectivity index (χ0n) is 7.46. The molecular formula is C10H15N. The van der Waals surface area contributed by atoms with E-state index in [9.17, 15) is 0 Å². The van der Waals surface area contributed by atoms with Crippen molar-refractivity contribution in [2.45, 2.75) is 33.1 Å². The SMILES string of the molecule is CCc1ccncc1C(C)C. The number of hydrogen-bond donors (Lipinski definition) is 0. The first-order chi connectivity index (χ1) is 5.25. The van der Waals surface area contributed by atoms with Crippen molar-refractivity contribution in [2.75, 3.05) is 0 Å². The fourth-order valence-electron chi connectivity index (χ4n) is 1.28. The van der Waals surface area contributed by atoms with Crippen LogP contribution in [0.1, 0.15) is 37.8 Å². The number of pyridine rings is 1. The van der Waals surface area contributed by atoms with Gasteiger partial charge in [0.2, 0.25) is 0 Å². The summed E-state index contributed by atoms with van der Waals surface area (Å²) in [5.74, 6) is 0.596. The van der Waals surface area contributed by atoms with E-state index in [1.165, 1.54) is 11.1 Å². The van der Waals surface area contributed by atoms with E-state index >= 15 is 0 Å². The lowest BCUT2D eigenvalue weighted by molar-refractivity contribution is 0.835. The van der Waals surface area contributed by atoms with Gasteiger partial charge in [-0.25, -0.2) is 0 Å². The molecule has 0 saturated heterocycles. The molecule has 11 heavy (non-hydrogen) atoms. The standard InChI is InChI=1S/C10H15N/c1-4-9-5-6-11-7-10(9)8(2)3/h5-8H,4H2,1-3H3. The first-order valence-corrected chi connectivity index (χ1v) is 4.18. The Morgan fingerprint density at radius 2 is 2.18 bits per heavy atom. The van der Waals surface area contributed by atoms with E-state index < -0.39 is 0 Å². The van der Waals surface area contributed by atoms with Crippen LogP contribution in [0.5, 0.6) is 0 Å². The summed E-state index contributed by atoms with van der Waals surface area (Å²) >= 11 is 0. The largest absolute Gasteiger partial charge is 0.264 e. The fraction of sp³-hybridized carbons (Fsp3) is 0.500. The van der Waals surface area contributed by atoms with Gasteiger partial charge in [0.05, 0.1) is 0 Å². The lowest BCUT2D eigenvalue weighted by Gasteiger charge is -2.09. The first kappa shape index (κ1) is 8.25. The second kappa shape index (κ2) is 3.51. The van der Waals surface area contributed by atoms with E-state index in [2.05, 4.69) is 31.8 Å². The topological polar surface area (TPSA) is 12.9 Å². The van der Waals surface area contributed by atoms with E-state index in [0.717, 1.165) is 6.42 Å². The van der Waals surface area contributed by atoms with Crippen molar-refractivity contribution in [2.24, 2.45) is 0 Å². The van der Waals surface area contributed by atoms with Crippen LogP contribution < -0.4 is 0 Å². The second-order valence-corrected chi connectivity index (χ2v) is 3.08. The number of aryl methyl sites for hydroxylation is 1. The zero-order valence-corrected chi connectivity index (χ0v) is 7.46. The monoisotopic (exact) mass is 149 g/mol. The molecule has 1 aromatic heterocycles. The molecular weight excluding hydrogens is 134 g/mol. The van der Waals surface area contributed by atoms with Gasteiger partial charge in [-0.3, -0.25) is 4.98 Å². The molecule has 0 aromatic carbocycles. The predicted octanol–water partition coefficient (Wildman–Crippen LogP) is 2.77. The molecule has 0 unspecified atom stereocenters. The third kappa shape index (κ3) is 1.79. The van der Waals surface area contributed by atoms with E-state index in [1.54, 1.807) is 0 Å². The Morgan fingerprint density at radius 1 is 1.45 bits per heavy atom. The van der Waals surface area contributed by atoms with Gasteiger partial charge in [0.1, 0.15) is 0 Å². The minimum atomic E-state index is 0.596. The van der Waals surface area contributed by atoms with Crippen LogP contribution >= 0.6 is 0 Å². The number of aromatic nitrogens is 1. The third-order valence-electron chi connectivity index (χ3n) is 1.95. The molecule has 1 aromatic rings. The van der Waals surface area contributed by atoms with Crippen molar-refractivity contribution in [3.05, 3.63) is 29.6 Å². The summed E-state index contributed by atoms with van der Waals surface area (Å²) in [6, 6.07) is 2.11. The van der Waals surface area contributed by atoms with Crippen LogP contribution in [0, 0.1) is 0 Å². The Kier molecular flexibility index (Phi) is 2.64. The van der Waals surface area contributed by atoms with Gasteiger partial charge < -0.3 is 0 Å². The second-order valence-electron chi connectivity index (χ2n) is 3.08. The summed E-state index contributed by atoms with van der Waals surface area (Å²) in [4.78, 5) is 4.11. The smallest absolute Gasteiger partial charge is 0.0305 e. The van der Waals surface area contributed by atoms with Crippen molar-refractivity contribution in [3.63, 3.8) is 0 Å². The Labute approximate surface area is 68.5 Å². The molecule has 0 N–H and O–H groups in total. The summed E-state index contributed by atoms with van der Waals surface area (Å²) in [6.45, 7) is 6.59. The molecule has 0 spiro atoms. The van der Waals surface area contributed by atoms with Crippen LogP contribution in [0.15, 0.2) is 18.5 Å². The van der Waals surface area contributed by atoms with Crippen LogP contribution in [0.3, 0.4) is 0 Å². The average molecular weight is 149 g/mol. The van der Waals surface area contributed by atoms with Crippen molar-refractivity contribution >= 4 is 0 Å². The van der Waals surface area contributed by atoms with Gasteiger partial charge in [-0.05, 0) is 29.5 Å².